The average molecular weight is 259 g/mol. The van der Waals surface area contributed by atoms with Crippen LogP contribution in [0.25, 0.3) is 0 Å². The lowest BCUT2D eigenvalue weighted by molar-refractivity contribution is 0.0972. The number of benzene rings is 1. The number of nitrogens with one attached hydrogen (secondary N) is 1. The van der Waals surface area contributed by atoms with Crippen molar-refractivity contribution in [2.45, 2.75) is 0 Å². The highest BCUT2D eigenvalue weighted by atomic mass is 79.9. The standard InChI is InChI=1S/C8H4BrClN2O/c9-7-3-5(10)1-2-6(7)8(13)12-4-11/h1-3H,(H,12,13). The minimum Gasteiger partial charge on any atom is -0.268 e. The topological polar surface area (TPSA) is 52.9 Å². The zero-order chi connectivity index (χ0) is 9.84. The van der Waals surface area contributed by atoms with E-state index in [2.05, 4.69) is 15.9 Å². The highest BCUT2D eigenvalue weighted by Gasteiger charge is 2.08. The summed E-state index contributed by atoms with van der Waals surface area (Å²) in [6.45, 7) is 0. The zero-order valence-corrected chi connectivity index (χ0v) is 8.69. The molecule has 5 heteroatoms. The molecule has 0 aliphatic rings. The Morgan fingerprint density at radius 3 is 2.85 bits per heavy atom. The maximum Gasteiger partial charge on any atom is 0.265 e. The summed E-state index contributed by atoms with van der Waals surface area (Å²) in [4.78, 5) is 11.2. The fourth-order valence-corrected chi connectivity index (χ4v) is 1.65. The Balaban J connectivity index is 3.03. The van der Waals surface area contributed by atoms with Gasteiger partial charge in [-0.05, 0) is 34.1 Å². The van der Waals surface area contributed by atoms with Crippen molar-refractivity contribution in [1.82, 2.24) is 5.32 Å². The van der Waals surface area contributed by atoms with Gasteiger partial charge in [0.2, 0.25) is 0 Å². The van der Waals surface area contributed by atoms with Crippen molar-refractivity contribution >= 4 is 33.4 Å². The summed E-state index contributed by atoms with van der Waals surface area (Å²) in [5.41, 5.74) is 0.381. The van der Waals surface area contributed by atoms with E-state index in [1.54, 1.807) is 24.4 Å². The van der Waals surface area contributed by atoms with Crippen LogP contribution < -0.4 is 5.32 Å². The summed E-state index contributed by atoms with van der Waals surface area (Å²) in [6.07, 6.45) is 1.55. The summed E-state index contributed by atoms with van der Waals surface area (Å²) < 4.78 is 0.563. The van der Waals surface area contributed by atoms with Crippen molar-refractivity contribution in [3.63, 3.8) is 0 Å². The number of halogens is 2. The van der Waals surface area contributed by atoms with Gasteiger partial charge in [-0.15, -0.1) is 0 Å². The van der Waals surface area contributed by atoms with Gasteiger partial charge in [-0.3, -0.25) is 10.1 Å². The van der Waals surface area contributed by atoms with Crippen LogP contribution in [0, 0.1) is 11.5 Å². The highest BCUT2D eigenvalue weighted by Crippen LogP contribution is 2.21. The van der Waals surface area contributed by atoms with Gasteiger partial charge in [0, 0.05) is 9.50 Å². The Morgan fingerprint density at radius 2 is 2.31 bits per heavy atom. The molecule has 1 N–H and O–H groups in total. The number of nitriles is 1. The van der Waals surface area contributed by atoms with Gasteiger partial charge in [0.15, 0.2) is 6.19 Å². The van der Waals surface area contributed by atoms with Crippen LogP contribution in [-0.2, 0) is 0 Å². The van der Waals surface area contributed by atoms with Crippen LogP contribution in [0.2, 0.25) is 5.02 Å². The van der Waals surface area contributed by atoms with Crippen LogP contribution in [-0.4, -0.2) is 5.91 Å². The first-order valence-electron chi connectivity index (χ1n) is 3.29. The lowest BCUT2D eigenvalue weighted by Crippen LogP contribution is -2.17. The third-order valence-electron chi connectivity index (χ3n) is 1.35. The van der Waals surface area contributed by atoms with Crippen molar-refractivity contribution in [3.8, 4) is 6.19 Å². The van der Waals surface area contributed by atoms with Gasteiger partial charge in [0.25, 0.3) is 5.91 Å². The first-order valence-corrected chi connectivity index (χ1v) is 4.46. The molecule has 1 amide bonds. The van der Waals surface area contributed by atoms with Crippen LogP contribution in [0.1, 0.15) is 10.4 Å². The van der Waals surface area contributed by atoms with Gasteiger partial charge in [-0.1, -0.05) is 11.6 Å². The molecule has 0 radical (unpaired) electrons. The predicted molar refractivity (Wildman–Crippen MR) is 52.2 cm³/mol. The molecule has 0 aliphatic carbocycles. The van der Waals surface area contributed by atoms with Crippen LogP contribution in [0.3, 0.4) is 0 Å². The molecular weight excluding hydrogens is 255 g/mol. The number of amides is 1. The SMILES string of the molecule is N#CNC(=O)c1ccc(Cl)cc1Br. The number of hydrogen-bond acceptors (Lipinski definition) is 2. The molecule has 0 saturated heterocycles. The molecule has 0 saturated carbocycles. The van der Waals surface area contributed by atoms with Crippen LogP contribution in [0.4, 0.5) is 0 Å². The van der Waals surface area contributed by atoms with Gasteiger partial charge in [0.05, 0.1) is 5.56 Å². The lowest BCUT2D eigenvalue weighted by Gasteiger charge is -2.00. The minimum atomic E-state index is -0.453. The monoisotopic (exact) mass is 258 g/mol. The van der Waals surface area contributed by atoms with Gasteiger partial charge in [0.1, 0.15) is 0 Å². The number of carbonyl (C=O) groups is 1. The van der Waals surface area contributed by atoms with E-state index in [-0.39, 0.29) is 0 Å². The van der Waals surface area contributed by atoms with Crippen LogP contribution >= 0.6 is 27.5 Å². The van der Waals surface area contributed by atoms with E-state index < -0.39 is 5.91 Å². The van der Waals surface area contributed by atoms with Crippen molar-refractivity contribution in [1.29, 1.82) is 5.26 Å². The summed E-state index contributed by atoms with van der Waals surface area (Å²) in [5, 5.41) is 10.8. The third-order valence-corrected chi connectivity index (χ3v) is 2.24. The normalized spacial score (nSPS) is 9.00. The Kier molecular flexibility index (Phi) is 3.29. The van der Waals surface area contributed by atoms with E-state index in [1.807, 2.05) is 5.32 Å². The number of carbonyl (C=O) groups excluding carboxylic acids is 1. The van der Waals surface area contributed by atoms with Crippen molar-refractivity contribution in [2.24, 2.45) is 0 Å². The van der Waals surface area contributed by atoms with Gasteiger partial charge < -0.3 is 0 Å². The van der Waals surface area contributed by atoms with E-state index in [0.717, 1.165) is 0 Å². The molecule has 0 spiro atoms. The van der Waals surface area contributed by atoms with Crippen LogP contribution in [0.5, 0.6) is 0 Å². The predicted octanol–water partition coefficient (Wildman–Crippen LogP) is 2.31. The van der Waals surface area contributed by atoms with E-state index >= 15 is 0 Å². The van der Waals surface area contributed by atoms with Crippen molar-refractivity contribution in [3.05, 3.63) is 33.3 Å². The molecule has 3 nitrogen and oxygen atoms in total. The van der Waals surface area contributed by atoms with E-state index in [0.29, 0.717) is 15.1 Å². The van der Waals surface area contributed by atoms with E-state index in [4.69, 9.17) is 16.9 Å². The maximum absolute atomic E-state index is 11.2. The number of rotatable bonds is 1. The fourth-order valence-electron chi connectivity index (χ4n) is 0.792. The van der Waals surface area contributed by atoms with Gasteiger partial charge >= 0.3 is 0 Å². The lowest BCUT2D eigenvalue weighted by atomic mass is 10.2. The molecule has 0 atom stereocenters. The second kappa shape index (κ2) is 4.26. The Morgan fingerprint density at radius 1 is 1.62 bits per heavy atom. The molecular formula is C8H4BrClN2O. The summed E-state index contributed by atoms with van der Waals surface area (Å²) in [7, 11) is 0. The van der Waals surface area contributed by atoms with Gasteiger partial charge in [-0.2, -0.15) is 5.26 Å². The third kappa shape index (κ3) is 2.44. The summed E-state index contributed by atoms with van der Waals surface area (Å²) in [5.74, 6) is -0.453. The molecule has 1 aromatic carbocycles. The Bertz CT molecular complexity index is 386. The smallest absolute Gasteiger partial charge is 0.265 e. The molecule has 0 aliphatic heterocycles. The average Bonchev–Trinajstić information content (AvgIpc) is 2.04. The second-order valence-corrected chi connectivity index (χ2v) is 3.48. The summed E-state index contributed by atoms with van der Waals surface area (Å²) >= 11 is 8.83. The molecule has 0 fully saturated rings. The fraction of sp³-hybridized carbons (Fsp3) is 0. The second-order valence-electron chi connectivity index (χ2n) is 2.19. The maximum atomic E-state index is 11.2. The molecule has 66 valence electrons. The first-order chi connectivity index (χ1) is 6.15. The summed E-state index contributed by atoms with van der Waals surface area (Å²) in [6, 6.07) is 4.71. The highest BCUT2D eigenvalue weighted by molar-refractivity contribution is 9.10. The number of nitrogens with zero attached hydrogens (tertiary/aromatic N) is 1. The first kappa shape index (κ1) is 10.0. The van der Waals surface area contributed by atoms with Crippen molar-refractivity contribution < 1.29 is 4.79 Å². The zero-order valence-electron chi connectivity index (χ0n) is 6.34. The van der Waals surface area contributed by atoms with Crippen LogP contribution in [0.15, 0.2) is 22.7 Å². The van der Waals surface area contributed by atoms with E-state index in [1.165, 1.54) is 0 Å². The quantitative estimate of drug-likeness (QED) is 0.621. The molecule has 0 unspecified atom stereocenters. The molecule has 0 aromatic heterocycles. The minimum absolute atomic E-state index is 0.381. The van der Waals surface area contributed by atoms with Crippen molar-refractivity contribution in [2.75, 3.05) is 0 Å². The molecule has 0 heterocycles. The Labute approximate surface area is 88.4 Å². The van der Waals surface area contributed by atoms with Gasteiger partial charge in [-0.25, -0.2) is 0 Å². The molecule has 13 heavy (non-hydrogen) atoms. The van der Waals surface area contributed by atoms with E-state index in [9.17, 15) is 4.79 Å². The Hall–Kier alpha value is -1.05. The molecule has 0 bridgehead atoms. The molecule has 1 aromatic rings. The molecule has 1 rings (SSSR count). The largest absolute Gasteiger partial charge is 0.268 e. The number of hydrogen-bond donors (Lipinski definition) is 1.